The van der Waals surface area contributed by atoms with Crippen LogP contribution in [-0.2, 0) is 19.1 Å². The molecule has 2 aliphatic rings. The lowest BCUT2D eigenvalue weighted by molar-refractivity contribution is -0.194. The van der Waals surface area contributed by atoms with Gasteiger partial charge in [-0.25, -0.2) is 9.59 Å². The molecule has 0 saturated heterocycles. The van der Waals surface area contributed by atoms with Crippen LogP contribution in [0, 0.1) is 0 Å². The minimum absolute atomic E-state index is 0.327. The van der Waals surface area contributed by atoms with Crippen molar-refractivity contribution in [1.82, 2.24) is 0 Å². The number of hydrogen-bond acceptors (Lipinski definition) is 10. The molecule has 0 radical (unpaired) electrons. The van der Waals surface area contributed by atoms with Gasteiger partial charge in [0.25, 0.3) is 0 Å². The molecule has 10 heteroatoms. The van der Waals surface area contributed by atoms with Gasteiger partial charge in [0.2, 0.25) is 0 Å². The highest BCUT2D eigenvalue weighted by molar-refractivity contribution is 5.85. The third kappa shape index (κ3) is 4.51. The summed E-state index contributed by atoms with van der Waals surface area (Å²) in [6.45, 7) is 0. The van der Waals surface area contributed by atoms with E-state index in [-0.39, 0.29) is 0 Å². The number of esters is 2. The van der Waals surface area contributed by atoms with Gasteiger partial charge in [0, 0.05) is 12.8 Å². The Morgan fingerprint density at radius 2 is 1.15 bits per heavy atom. The predicted octanol–water partition coefficient (Wildman–Crippen LogP) is -2.09. The summed E-state index contributed by atoms with van der Waals surface area (Å²) in [5.41, 5.74) is 20.9. The van der Waals surface area contributed by atoms with E-state index in [4.69, 9.17) is 32.4 Å². The lowest BCUT2D eigenvalue weighted by Gasteiger charge is -2.39. The van der Waals surface area contributed by atoms with Crippen molar-refractivity contribution in [2.75, 3.05) is 0 Å². The van der Waals surface area contributed by atoms with Gasteiger partial charge in [0.1, 0.15) is 0 Å². The molecule has 0 aliphatic heterocycles. The number of rotatable bonds is 5. The molecule has 0 bridgehead atoms. The number of hydrogen-bond donors (Lipinski definition) is 6. The smallest absolute Gasteiger partial charge is 0.340 e. The first kappa shape index (κ1) is 21.0. The Kier molecular flexibility index (Phi) is 6.59. The fourth-order valence-electron chi connectivity index (χ4n) is 3.40. The summed E-state index contributed by atoms with van der Waals surface area (Å²) in [6, 6.07) is -1.19. The van der Waals surface area contributed by atoms with E-state index < -0.39 is 47.7 Å². The number of ether oxygens (including phenoxy) is 2. The van der Waals surface area contributed by atoms with E-state index in [9.17, 15) is 19.8 Å². The van der Waals surface area contributed by atoms with Gasteiger partial charge in [-0.05, 0) is 25.7 Å². The molecular weight excluding hydrogens is 344 g/mol. The molecule has 26 heavy (non-hydrogen) atoms. The summed E-state index contributed by atoms with van der Waals surface area (Å²) in [6.07, 6.45) is 0.596. The monoisotopic (exact) mass is 374 g/mol. The maximum absolute atomic E-state index is 12.1. The van der Waals surface area contributed by atoms with Crippen molar-refractivity contribution in [3.05, 3.63) is 0 Å². The Labute approximate surface area is 152 Å². The summed E-state index contributed by atoms with van der Waals surface area (Å²) >= 11 is 0. The molecular formula is C16H30N4O6. The molecule has 6 atom stereocenters. The van der Waals surface area contributed by atoms with Crippen LogP contribution in [-0.4, -0.2) is 57.9 Å². The minimum atomic E-state index is -2.17. The van der Waals surface area contributed by atoms with Crippen molar-refractivity contribution < 1.29 is 29.3 Å². The highest BCUT2D eigenvalue weighted by Crippen LogP contribution is 2.28. The number of carbonyl (C=O) groups excluding carboxylic acids is 2. The second-order valence-corrected chi connectivity index (χ2v) is 7.35. The summed E-state index contributed by atoms with van der Waals surface area (Å²) in [4.78, 5) is 24.2. The van der Waals surface area contributed by atoms with E-state index in [0.717, 1.165) is 12.8 Å². The molecule has 10 nitrogen and oxygen atoms in total. The molecule has 0 heterocycles. The van der Waals surface area contributed by atoms with Gasteiger partial charge in [-0.3, -0.25) is 11.5 Å². The van der Waals surface area contributed by atoms with E-state index in [1.807, 2.05) is 0 Å². The molecule has 2 saturated carbocycles. The van der Waals surface area contributed by atoms with Crippen LogP contribution >= 0.6 is 0 Å². The highest BCUT2D eigenvalue weighted by Gasteiger charge is 2.45. The first-order valence-corrected chi connectivity index (χ1v) is 9.00. The zero-order valence-corrected chi connectivity index (χ0v) is 14.8. The molecule has 2 unspecified atom stereocenters. The van der Waals surface area contributed by atoms with Crippen molar-refractivity contribution in [1.29, 1.82) is 0 Å². The molecule has 10 N–H and O–H groups in total. The van der Waals surface area contributed by atoms with Crippen molar-refractivity contribution in [3.8, 4) is 0 Å². The van der Waals surface area contributed by atoms with E-state index in [2.05, 4.69) is 0 Å². The summed E-state index contributed by atoms with van der Waals surface area (Å²) < 4.78 is 10.2. The van der Waals surface area contributed by atoms with Crippen LogP contribution in [0.25, 0.3) is 0 Å². The molecule has 0 aromatic rings. The summed E-state index contributed by atoms with van der Waals surface area (Å²) in [5.74, 6) is -2.48. The lowest BCUT2D eigenvalue weighted by atomic mass is 9.87. The standard InChI is InChI=1S/C16H30N4O6/c17-9-5-1-3-7-15(9,19)25-13(23)11(21)12(22)14(24)26-16(20)8-4-2-6-10(16)18/h9-12,21-22H,1-8,17-20H2/t9-,10-,11?,12?,15-,16-/m0/s1. The zero-order chi connectivity index (χ0) is 19.5. The van der Waals surface area contributed by atoms with Crippen LogP contribution in [0.4, 0.5) is 0 Å². The van der Waals surface area contributed by atoms with E-state index in [1.165, 1.54) is 0 Å². The van der Waals surface area contributed by atoms with Crippen LogP contribution in [0.15, 0.2) is 0 Å². The Bertz CT molecular complexity index is 489. The second kappa shape index (κ2) is 8.15. The molecule has 2 fully saturated rings. The van der Waals surface area contributed by atoms with Crippen LogP contribution in [0.2, 0.25) is 0 Å². The topological polar surface area (TPSA) is 197 Å². The Morgan fingerprint density at radius 3 is 1.46 bits per heavy atom. The first-order chi connectivity index (χ1) is 12.1. The largest absolute Gasteiger partial charge is 0.440 e. The third-order valence-electron chi connectivity index (χ3n) is 5.28. The van der Waals surface area contributed by atoms with E-state index >= 15 is 0 Å². The summed E-state index contributed by atoms with van der Waals surface area (Å²) in [5, 5.41) is 19.9. The Morgan fingerprint density at radius 1 is 0.808 bits per heavy atom. The molecule has 150 valence electrons. The van der Waals surface area contributed by atoms with Crippen LogP contribution in [0.3, 0.4) is 0 Å². The molecule has 0 aromatic carbocycles. The SMILES string of the molecule is N[C@H]1CCCC[C@]1(N)OC(=O)C(O)C(O)C(=O)O[C@@]1(N)CCCC[C@@H]1N. The molecule has 2 aliphatic carbocycles. The van der Waals surface area contributed by atoms with Crippen LogP contribution < -0.4 is 22.9 Å². The molecule has 2 rings (SSSR count). The Hall–Kier alpha value is -1.30. The van der Waals surface area contributed by atoms with Crippen molar-refractivity contribution in [2.45, 2.75) is 87.1 Å². The average molecular weight is 374 g/mol. The van der Waals surface area contributed by atoms with Gasteiger partial charge in [0.15, 0.2) is 23.7 Å². The average Bonchev–Trinajstić information content (AvgIpc) is 2.59. The van der Waals surface area contributed by atoms with Gasteiger partial charge in [-0.1, -0.05) is 12.8 Å². The Balaban J connectivity index is 1.95. The zero-order valence-electron chi connectivity index (χ0n) is 14.8. The number of aliphatic hydroxyl groups excluding tert-OH is 2. The summed E-state index contributed by atoms with van der Waals surface area (Å²) in [7, 11) is 0. The number of aliphatic hydroxyl groups is 2. The van der Waals surface area contributed by atoms with Gasteiger partial charge in [-0.15, -0.1) is 0 Å². The number of carbonyl (C=O) groups is 2. The van der Waals surface area contributed by atoms with Crippen molar-refractivity contribution >= 4 is 11.9 Å². The molecule has 0 aromatic heterocycles. The fraction of sp³-hybridized carbons (Fsp3) is 0.875. The van der Waals surface area contributed by atoms with Gasteiger partial charge in [-0.2, -0.15) is 0 Å². The van der Waals surface area contributed by atoms with Crippen molar-refractivity contribution in [3.63, 3.8) is 0 Å². The van der Waals surface area contributed by atoms with Gasteiger partial charge < -0.3 is 31.2 Å². The van der Waals surface area contributed by atoms with Crippen LogP contribution in [0.5, 0.6) is 0 Å². The van der Waals surface area contributed by atoms with Gasteiger partial charge in [0.05, 0.1) is 12.1 Å². The van der Waals surface area contributed by atoms with Crippen LogP contribution in [0.1, 0.15) is 51.4 Å². The van der Waals surface area contributed by atoms with E-state index in [1.54, 1.807) is 0 Å². The van der Waals surface area contributed by atoms with Gasteiger partial charge >= 0.3 is 11.9 Å². The highest BCUT2D eigenvalue weighted by atomic mass is 16.6. The lowest BCUT2D eigenvalue weighted by Crippen LogP contribution is -2.62. The first-order valence-electron chi connectivity index (χ1n) is 9.00. The normalized spacial score (nSPS) is 37.5. The minimum Gasteiger partial charge on any atom is -0.440 e. The maximum Gasteiger partial charge on any atom is 0.340 e. The fourth-order valence-corrected chi connectivity index (χ4v) is 3.40. The number of nitrogens with two attached hydrogens (primary N) is 4. The third-order valence-corrected chi connectivity index (χ3v) is 5.28. The van der Waals surface area contributed by atoms with Crippen molar-refractivity contribution in [2.24, 2.45) is 22.9 Å². The quantitative estimate of drug-likeness (QED) is 0.229. The maximum atomic E-state index is 12.1. The van der Waals surface area contributed by atoms with E-state index in [0.29, 0.717) is 38.5 Å². The molecule has 0 amide bonds. The molecule has 0 spiro atoms. The second-order valence-electron chi connectivity index (χ2n) is 7.35. The predicted molar refractivity (Wildman–Crippen MR) is 90.9 cm³/mol.